The van der Waals surface area contributed by atoms with Crippen LogP contribution < -0.4 is 5.32 Å². The van der Waals surface area contributed by atoms with Crippen LogP contribution in [0.4, 0.5) is 4.79 Å². The molecule has 0 aromatic heterocycles. The third-order valence-corrected chi connectivity index (χ3v) is 6.14. The first kappa shape index (κ1) is 16.1. The molecule has 3 rings (SSSR count). The van der Waals surface area contributed by atoms with E-state index in [0.29, 0.717) is 5.41 Å². The lowest BCUT2D eigenvalue weighted by molar-refractivity contribution is 0.0842. The molecule has 2 aliphatic carbocycles. The predicted molar refractivity (Wildman–Crippen MR) is 87.7 cm³/mol. The molecule has 4 nitrogen and oxygen atoms in total. The van der Waals surface area contributed by atoms with Crippen molar-refractivity contribution in [2.24, 2.45) is 5.41 Å². The summed E-state index contributed by atoms with van der Waals surface area (Å²) >= 11 is 0. The SMILES string of the molecule is O=C(NC1CCC(O)CC1)N1CCCC2(CCCCCC2)C1. The Bertz CT molecular complexity index is 369. The number of nitrogens with zero attached hydrogens (tertiary/aromatic N) is 1. The topological polar surface area (TPSA) is 52.6 Å². The van der Waals surface area contributed by atoms with Crippen molar-refractivity contribution in [2.45, 2.75) is 89.2 Å². The van der Waals surface area contributed by atoms with E-state index < -0.39 is 0 Å². The van der Waals surface area contributed by atoms with E-state index in [1.54, 1.807) is 0 Å². The van der Waals surface area contributed by atoms with Gasteiger partial charge in [-0.15, -0.1) is 0 Å². The number of aliphatic hydroxyl groups is 1. The zero-order chi connectivity index (χ0) is 15.4. The molecule has 1 heterocycles. The Balaban J connectivity index is 1.53. The molecule has 0 radical (unpaired) electrons. The normalized spacial score (nSPS) is 32.5. The molecule has 2 amide bonds. The molecule has 22 heavy (non-hydrogen) atoms. The van der Waals surface area contributed by atoms with Gasteiger partial charge in [0.2, 0.25) is 0 Å². The molecule has 126 valence electrons. The Hall–Kier alpha value is -0.770. The minimum absolute atomic E-state index is 0.143. The van der Waals surface area contributed by atoms with Crippen LogP contribution in [0.25, 0.3) is 0 Å². The lowest BCUT2D eigenvalue weighted by atomic mass is 9.74. The van der Waals surface area contributed by atoms with Crippen molar-refractivity contribution in [2.75, 3.05) is 13.1 Å². The Labute approximate surface area is 134 Å². The molecule has 1 spiro atoms. The number of nitrogens with one attached hydrogen (secondary N) is 1. The molecular weight excluding hydrogens is 276 g/mol. The van der Waals surface area contributed by atoms with E-state index in [0.717, 1.165) is 45.2 Å². The fourth-order valence-corrected chi connectivity index (χ4v) is 4.75. The second kappa shape index (κ2) is 7.20. The fourth-order valence-electron chi connectivity index (χ4n) is 4.75. The van der Waals surface area contributed by atoms with E-state index in [2.05, 4.69) is 10.2 Å². The van der Waals surface area contributed by atoms with E-state index in [1.165, 1.54) is 44.9 Å². The molecule has 3 aliphatic rings. The number of carbonyl (C=O) groups excluding carboxylic acids is 1. The monoisotopic (exact) mass is 308 g/mol. The van der Waals surface area contributed by atoms with Crippen LogP contribution in [0.2, 0.25) is 0 Å². The van der Waals surface area contributed by atoms with Crippen molar-refractivity contribution in [3.63, 3.8) is 0 Å². The van der Waals surface area contributed by atoms with Gasteiger partial charge >= 0.3 is 6.03 Å². The van der Waals surface area contributed by atoms with E-state index in [1.807, 2.05) is 0 Å². The van der Waals surface area contributed by atoms with Gasteiger partial charge in [0.1, 0.15) is 0 Å². The molecule has 1 aliphatic heterocycles. The zero-order valence-corrected chi connectivity index (χ0v) is 13.9. The third-order valence-electron chi connectivity index (χ3n) is 6.14. The number of carbonyl (C=O) groups is 1. The third kappa shape index (κ3) is 3.95. The maximum Gasteiger partial charge on any atom is 0.317 e. The van der Waals surface area contributed by atoms with Crippen molar-refractivity contribution in [3.8, 4) is 0 Å². The van der Waals surface area contributed by atoms with Gasteiger partial charge in [-0.2, -0.15) is 0 Å². The van der Waals surface area contributed by atoms with Crippen molar-refractivity contribution >= 4 is 6.03 Å². The van der Waals surface area contributed by atoms with Gasteiger partial charge in [-0.3, -0.25) is 0 Å². The van der Waals surface area contributed by atoms with Crippen LogP contribution in [0.5, 0.6) is 0 Å². The van der Waals surface area contributed by atoms with E-state index in [9.17, 15) is 9.90 Å². The highest BCUT2D eigenvalue weighted by Gasteiger charge is 2.37. The standard InChI is InChI=1S/C18H32N2O2/c21-16-8-6-15(7-9-16)19-17(22)20-13-5-12-18(14-20)10-3-1-2-4-11-18/h15-16,21H,1-14H2,(H,19,22). The summed E-state index contributed by atoms with van der Waals surface area (Å²) in [5.74, 6) is 0. The van der Waals surface area contributed by atoms with Crippen LogP contribution in [0.15, 0.2) is 0 Å². The average Bonchev–Trinajstić information content (AvgIpc) is 2.75. The van der Waals surface area contributed by atoms with Crippen LogP contribution >= 0.6 is 0 Å². The van der Waals surface area contributed by atoms with Crippen LogP contribution in [-0.4, -0.2) is 41.3 Å². The Morgan fingerprint density at radius 3 is 2.27 bits per heavy atom. The van der Waals surface area contributed by atoms with Crippen LogP contribution in [0, 0.1) is 5.41 Å². The molecule has 0 bridgehead atoms. The maximum atomic E-state index is 12.6. The van der Waals surface area contributed by atoms with Crippen LogP contribution in [0.1, 0.15) is 77.0 Å². The first-order chi connectivity index (χ1) is 10.7. The number of hydrogen-bond acceptors (Lipinski definition) is 2. The largest absolute Gasteiger partial charge is 0.393 e. The number of hydrogen-bond donors (Lipinski definition) is 2. The number of piperidine rings is 1. The Morgan fingerprint density at radius 2 is 1.59 bits per heavy atom. The predicted octanol–water partition coefficient (Wildman–Crippen LogP) is 3.44. The molecule has 0 unspecified atom stereocenters. The quantitative estimate of drug-likeness (QED) is 0.779. The van der Waals surface area contributed by atoms with Gasteiger partial charge < -0.3 is 15.3 Å². The molecule has 4 heteroatoms. The lowest BCUT2D eigenvalue weighted by Gasteiger charge is -2.43. The summed E-state index contributed by atoms with van der Waals surface area (Å²) in [4.78, 5) is 14.7. The summed E-state index contributed by atoms with van der Waals surface area (Å²) < 4.78 is 0. The first-order valence-corrected chi connectivity index (χ1v) is 9.40. The molecule has 2 N–H and O–H groups in total. The minimum Gasteiger partial charge on any atom is -0.393 e. The van der Waals surface area contributed by atoms with Crippen LogP contribution in [-0.2, 0) is 0 Å². The number of amides is 2. The highest BCUT2D eigenvalue weighted by atomic mass is 16.3. The molecule has 2 saturated carbocycles. The molecule has 0 aromatic rings. The average molecular weight is 308 g/mol. The number of rotatable bonds is 1. The van der Waals surface area contributed by atoms with Gasteiger partial charge in [-0.05, 0) is 56.8 Å². The van der Waals surface area contributed by atoms with E-state index >= 15 is 0 Å². The second-order valence-corrected chi connectivity index (χ2v) is 7.89. The van der Waals surface area contributed by atoms with Crippen molar-refractivity contribution in [3.05, 3.63) is 0 Å². The number of urea groups is 1. The fraction of sp³-hybridized carbons (Fsp3) is 0.944. The Morgan fingerprint density at radius 1 is 0.955 bits per heavy atom. The summed E-state index contributed by atoms with van der Waals surface area (Å²) in [6, 6.07) is 0.410. The molecule has 3 fully saturated rings. The molecular formula is C18H32N2O2. The van der Waals surface area contributed by atoms with E-state index in [-0.39, 0.29) is 18.2 Å². The molecule has 0 atom stereocenters. The van der Waals surface area contributed by atoms with Gasteiger partial charge in [0, 0.05) is 19.1 Å². The highest BCUT2D eigenvalue weighted by molar-refractivity contribution is 5.74. The summed E-state index contributed by atoms with van der Waals surface area (Å²) in [5, 5.41) is 12.8. The van der Waals surface area contributed by atoms with Gasteiger partial charge in [-0.25, -0.2) is 4.79 Å². The van der Waals surface area contributed by atoms with Crippen molar-refractivity contribution < 1.29 is 9.90 Å². The summed E-state index contributed by atoms with van der Waals surface area (Å²) in [5.41, 5.74) is 0.412. The molecule has 0 aromatic carbocycles. The van der Waals surface area contributed by atoms with Crippen LogP contribution in [0.3, 0.4) is 0 Å². The molecule has 1 saturated heterocycles. The Kier molecular flexibility index (Phi) is 5.27. The number of likely N-dealkylation sites (tertiary alicyclic amines) is 1. The minimum atomic E-state index is -0.155. The summed E-state index contributed by atoms with van der Waals surface area (Å²) in [6.07, 6.45) is 13.9. The smallest absolute Gasteiger partial charge is 0.317 e. The van der Waals surface area contributed by atoms with Gasteiger partial charge in [-0.1, -0.05) is 25.7 Å². The van der Waals surface area contributed by atoms with Gasteiger partial charge in [0.05, 0.1) is 6.10 Å². The first-order valence-electron chi connectivity index (χ1n) is 9.40. The van der Waals surface area contributed by atoms with Crippen molar-refractivity contribution in [1.29, 1.82) is 0 Å². The zero-order valence-electron chi connectivity index (χ0n) is 13.9. The van der Waals surface area contributed by atoms with Gasteiger partial charge in [0.25, 0.3) is 0 Å². The van der Waals surface area contributed by atoms with Crippen molar-refractivity contribution in [1.82, 2.24) is 10.2 Å². The highest BCUT2D eigenvalue weighted by Crippen LogP contribution is 2.42. The van der Waals surface area contributed by atoms with Gasteiger partial charge in [0.15, 0.2) is 0 Å². The summed E-state index contributed by atoms with van der Waals surface area (Å²) in [6.45, 7) is 1.89. The lowest BCUT2D eigenvalue weighted by Crippen LogP contribution is -2.52. The number of aliphatic hydroxyl groups excluding tert-OH is 1. The second-order valence-electron chi connectivity index (χ2n) is 7.89. The van der Waals surface area contributed by atoms with E-state index in [4.69, 9.17) is 0 Å². The maximum absolute atomic E-state index is 12.6. The summed E-state index contributed by atoms with van der Waals surface area (Å²) in [7, 11) is 0.